The van der Waals surface area contributed by atoms with Gasteiger partial charge in [0.05, 0.1) is 13.2 Å². The number of carbonyl (C=O) groups excluding carboxylic acids is 2. The molecule has 0 fully saturated rings. The SMILES string of the molecule is CCOC(=O)c1c(-c2ccc(C)cc2)csc1NC(=O)C[NH2+]CC(C)C. The fraction of sp³-hybridized carbons (Fsp3) is 0.400. The van der Waals surface area contributed by atoms with Gasteiger partial charge in [0.1, 0.15) is 10.6 Å². The van der Waals surface area contributed by atoms with Crippen molar-refractivity contribution >= 4 is 28.2 Å². The van der Waals surface area contributed by atoms with Crippen molar-refractivity contribution < 1.29 is 19.6 Å². The van der Waals surface area contributed by atoms with Crippen molar-refractivity contribution in [3.05, 3.63) is 40.8 Å². The summed E-state index contributed by atoms with van der Waals surface area (Å²) in [5, 5.41) is 7.28. The third-order valence-corrected chi connectivity index (χ3v) is 4.75. The number of carbonyl (C=O) groups is 2. The maximum Gasteiger partial charge on any atom is 0.341 e. The van der Waals surface area contributed by atoms with Gasteiger partial charge in [0.25, 0.3) is 5.91 Å². The molecule has 140 valence electrons. The number of hydrogen-bond acceptors (Lipinski definition) is 4. The average molecular weight is 376 g/mol. The van der Waals surface area contributed by atoms with Gasteiger partial charge in [-0.2, -0.15) is 0 Å². The number of thiophene rings is 1. The van der Waals surface area contributed by atoms with E-state index in [4.69, 9.17) is 4.74 Å². The van der Waals surface area contributed by atoms with E-state index in [2.05, 4.69) is 19.2 Å². The molecule has 2 aromatic rings. The Labute approximate surface area is 158 Å². The second-order valence-electron chi connectivity index (χ2n) is 6.61. The Balaban J connectivity index is 2.24. The van der Waals surface area contributed by atoms with Crippen LogP contribution in [0.4, 0.5) is 5.00 Å². The summed E-state index contributed by atoms with van der Waals surface area (Å²) in [4.78, 5) is 24.7. The summed E-state index contributed by atoms with van der Waals surface area (Å²) in [6.07, 6.45) is 0. The highest BCUT2D eigenvalue weighted by atomic mass is 32.1. The topological polar surface area (TPSA) is 72.0 Å². The Bertz CT molecular complexity index is 751. The molecule has 1 heterocycles. The van der Waals surface area contributed by atoms with Crippen LogP contribution in [0.25, 0.3) is 11.1 Å². The number of benzene rings is 1. The molecule has 1 amide bonds. The summed E-state index contributed by atoms with van der Waals surface area (Å²) in [5.74, 6) is -0.00735. The lowest BCUT2D eigenvalue weighted by Gasteiger charge is -2.09. The number of nitrogens with one attached hydrogen (secondary N) is 1. The Morgan fingerprint density at radius 3 is 2.54 bits per heavy atom. The summed E-state index contributed by atoms with van der Waals surface area (Å²) in [7, 11) is 0. The van der Waals surface area contributed by atoms with Crippen molar-refractivity contribution in [1.29, 1.82) is 0 Å². The molecule has 3 N–H and O–H groups in total. The van der Waals surface area contributed by atoms with E-state index in [9.17, 15) is 9.59 Å². The number of nitrogens with two attached hydrogens (primary N) is 1. The van der Waals surface area contributed by atoms with E-state index in [1.54, 1.807) is 6.92 Å². The van der Waals surface area contributed by atoms with Crippen LogP contribution in [0.15, 0.2) is 29.6 Å². The fourth-order valence-electron chi connectivity index (χ4n) is 2.53. The Hall–Kier alpha value is -2.18. The molecule has 1 aromatic heterocycles. The molecule has 0 unspecified atom stereocenters. The minimum Gasteiger partial charge on any atom is -0.462 e. The van der Waals surface area contributed by atoms with E-state index in [-0.39, 0.29) is 12.5 Å². The highest BCUT2D eigenvalue weighted by molar-refractivity contribution is 7.15. The molecule has 0 atom stereocenters. The smallest absolute Gasteiger partial charge is 0.341 e. The number of amides is 1. The predicted octanol–water partition coefficient (Wildman–Crippen LogP) is 3.06. The van der Waals surface area contributed by atoms with Gasteiger partial charge in [0.2, 0.25) is 0 Å². The van der Waals surface area contributed by atoms with Crippen molar-refractivity contribution in [2.75, 3.05) is 25.0 Å². The highest BCUT2D eigenvalue weighted by Gasteiger charge is 2.23. The lowest BCUT2D eigenvalue weighted by molar-refractivity contribution is -0.648. The average Bonchev–Trinajstić information content (AvgIpc) is 2.99. The molecule has 0 radical (unpaired) electrons. The minimum absolute atomic E-state index is 0.117. The van der Waals surface area contributed by atoms with Gasteiger partial charge in [0.15, 0.2) is 6.54 Å². The third-order valence-electron chi connectivity index (χ3n) is 3.85. The molecule has 0 saturated heterocycles. The highest BCUT2D eigenvalue weighted by Crippen LogP contribution is 2.36. The van der Waals surface area contributed by atoms with Gasteiger partial charge in [-0.25, -0.2) is 4.79 Å². The van der Waals surface area contributed by atoms with Crippen LogP contribution in [-0.4, -0.2) is 31.6 Å². The van der Waals surface area contributed by atoms with Crippen molar-refractivity contribution in [1.82, 2.24) is 0 Å². The summed E-state index contributed by atoms with van der Waals surface area (Å²) in [6.45, 7) is 9.52. The predicted molar refractivity (Wildman–Crippen MR) is 106 cm³/mol. The van der Waals surface area contributed by atoms with Crippen LogP contribution < -0.4 is 10.6 Å². The third kappa shape index (κ3) is 5.41. The van der Waals surface area contributed by atoms with Gasteiger partial charge in [0, 0.05) is 16.9 Å². The Kier molecular flexibility index (Phi) is 7.36. The molecule has 1 aromatic carbocycles. The molecular weight excluding hydrogens is 348 g/mol. The van der Waals surface area contributed by atoms with Gasteiger partial charge in [-0.3, -0.25) is 4.79 Å². The molecule has 0 aliphatic rings. The lowest BCUT2D eigenvalue weighted by atomic mass is 10.0. The number of quaternary nitrogens is 1. The molecule has 26 heavy (non-hydrogen) atoms. The molecule has 0 spiro atoms. The molecule has 2 rings (SSSR count). The van der Waals surface area contributed by atoms with Crippen LogP contribution in [0.1, 0.15) is 36.7 Å². The summed E-state index contributed by atoms with van der Waals surface area (Å²) in [6, 6.07) is 7.95. The molecule has 0 bridgehead atoms. The van der Waals surface area contributed by atoms with Crippen LogP contribution in [0.5, 0.6) is 0 Å². The number of anilines is 1. The van der Waals surface area contributed by atoms with Crippen molar-refractivity contribution in [2.45, 2.75) is 27.7 Å². The first kappa shape index (κ1) is 20.1. The van der Waals surface area contributed by atoms with E-state index >= 15 is 0 Å². The van der Waals surface area contributed by atoms with Crippen molar-refractivity contribution in [2.24, 2.45) is 5.92 Å². The fourth-order valence-corrected chi connectivity index (χ4v) is 3.50. The summed E-state index contributed by atoms with van der Waals surface area (Å²) in [5.41, 5.74) is 3.30. The van der Waals surface area contributed by atoms with E-state index in [0.717, 1.165) is 23.2 Å². The van der Waals surface area contributed by atoms with Gasteiger partial charge in [-0.15, -0.1) is 11.3 Å². The van der Waals surface area contributed by atoms with E-state index < -0.39 is 5.97 Å². The lowest BCUT2D eigenvalue weighted by Crippen LogP contribution is -2.87. The number of esters is 1. The first-order valence-corrected chi connectivity index (χ1v) is 9.77. The summed E-state index contributed by atoms with van der Waals surface area (Å²) < 4.78 is 5.22. The summed E-state index contributed by atoms with van der Waals surface area (Å²) >= 11 is 1.35. The first-order chi connectivity index (χ1) is 12.4. The normalized spacial score (nSPS) is 10.8. The van der Waals surface area contributed by atoms with Crippen LogP contribution in [0.2, 0.25) is 0 Å². The van der Waals surface area contributed by atoms with Crippen LogP contribution in [-0.2, 0) is 9.53 Å². The van der Waals surface area contributed by atoms with Crippen LogP contribution in [0, 0.1) is 12.8 Å². The maximum atomic E-state index is 12.5. The van der Waals surface area contributed by atoms with Gasteiger partial charge >= 0.3 is 5.97 Å². The maximum absolute atomic E-state index is 12.5. The first-order valence-electron chi connectivity index (χ1n) is 8.89. The zero-order valence-electron chi connectivity index (χ0n) is 15.8. The number of aryl methyl sites for hydroxylation is 1. The number of ether oxygens (including phenoxy) is 1. The van der Waals surface area contributed by atoms with Crippen LogP contribution >= 0.6 is 11.3 Å². The van der Waals surface area contributed by atoms with E-state index in [1.165, 1.54) is 11.3 Å². The molecule has 0 aliphatic heterocycles. The quantitative estimate of drug-likeness (QED) is 0.697. The second-order valence-corrected chi connectivity index (χ2v) is 7.49. The molecule has 0 saturated carbocycles. The van der Waals surface area contributed by atoms with Crippen LogP contribution in [0.3, 0.4) is 0 Å². The number of rotatable bonds is 8. The Morgan fingerprint density at radius 2 is 1.92 bits per heavy atom. The van der Waals surface area contributed by atoms with Gasteiger partial charge < -0.3 is 15.4 Å². The monoisotopic (exact) mass is 375 g/mol. The van der Waals surface area contributed by atoms with E-state index in [1.807, 2.05) is 41.9 Å². The minimum atomic E-state index is -0.411. The molecule has 5 nitrogen and oxygen atoms in total. The second kappa shape index (κ2) is 9.50. The van der Waals surface area contributed by atoms with Gasteiger partial charge in [-0.1, -0.05) is 43.7 Å². The largest absolute Gasteiger partial charge is 0.462 e. The van der Waals surface area contributed by atoms with Crippen molar-refractivity contribution in [3.63, 3.8) is 0 Å². The standard InChI is InChI=1S/C20H26N2O3S/c1-5-25-20(24)18-16(15-8-6-14(4)7-9-15)12-26-19(18)22-17(23)11-21-10-13(2)3/h6-9,12-13,21H,5,10-11H2,1-4H3,(H,22,23)/p+1. The zero-order chi connectivity index (χ0) is 19.1. The molecular formula is C20H27N2O3S+. The van der Waals surface area contributed by atoms with Crippen molar-refractivity contribution in [3.8, 4) is 11.1 Å². The molecule has 0 aliphatic carbocycles. The van der Waals surface area contributed by atoms with E-state index in [0.29, 0.717) is 23.0 Å². The number of hydrogen-bond donors (Lipinski definition) is 2. The van der Waals surface area contributed by atoms with Gasteiger partial charge in [-0.05, 0) is 19.4 Å². The molecule has 6 heteroatoms. The Morgan fingerprint density at radius 1 is 1.23 bits per heavy atom. The zero-order valence-corrected chi connectivity index (χ0v) is 16.6.